The highest BCUT2D eigenvalue weighted by Gasteiger charge is 2.21. The van der Waals surface area contributed by atoms with E-state index in [4.69, 9.17) is 9.47 Å². The highest BCUT2D eigenvalue weighted by molar-refractivity contribution is 5.40. The number of nitrogens with zero attached hydrogens (tertiary/aromatic N) is 1. The van der Waals surface area contributed by atoms with Gasteiger partial charge < -0.3 is 19.7 Å². The molecule has 2 aromatic rings. The van der Waals surface area contributed by atoms with Crippen LogP contribution in [0.4, 0.5) is 0 Å². The molecule has 4 nitrogen and oxygen atoms in total. The van der Waals surface area contributed by atoms with Crippen LogP contribution in [0.1, 0.15) is 48.4 Å². The lowest BCUT2D eigenvalue weighted by Crippen LogP contribution is -2.29. The zero-order valence-corrected chi connectivity index (χ0v) is 17.0. The topological polar surface area (TPSA) is 33.7 Å². The van der Waals surface area contributed by atoms with Gasteiger partial charge in [0.25, 0.3) is 0 Å². The Kier molecular flexibility index (Phi) is 6.75. The van der Waals surface area contributed by atoms with Crippen molar-refractivity contribution in [1.29, 1.82) is 0 Å². The van der Waals surface area contributed by atoms with Crippen LogP contribution in [0, 0.1) is 0 Å². The quantitative estimate of drug-likeness (QED) is 0.787. The Hall–Kier alpha value is -2.04. The number of rotatable bonds is 7. The number of likely N-dealkylation sites (tertiary alicyclic amines) is 1. The van der Waals surface area contributed by atoms with Gasteiger partial charge >= 0.3 is 0 Å². The summed E-state index contributed by atoms with van der Waals surface area (Å²) in [5.41, 5.74) is 3.90. The average Bonchev–Trinajstić information content (AvgIpc) is 2.72. The first-order valence-corrected chi connectivity index (χ1v) is 9.83. The summed E-state index contributed by atoms with van der Waals surface area (Å²) in [6, 6.07) is 15.1. The van der Waals surface area contributed by atoms with Crippen molar-refractivity contribution in [3.8, 4) is 11.5 Å². The molecule has 2 aromatic carbocycles. The molecule has 1 aliphatic rings. The van der Waals surface area contributed by atoms with E-state index in [1.165, 1.54) is 29.5 Å². The van der Waals surface area contributed by atoms with E-state index < -0.39 is 0 Å². The highest BCUT2D eigenvalue weighted by atomic mass is 16.5. The molecule has 1 aliphatic heterocycles. The molecule has 0 unspecified atom stereocenters. The minimum absolute atomic E-state index is 0.258. The molecular weight excluding hydrogens is 336 g/mol. The summed E-state index contributed by atoms with van der Waals surface area (Å²) in [6.07, 6.45) is 2.40. The van der Waals surface area contributed by atoms with E-state index in [9.17, 15) is 0 Å². The standard InChI is InChI=1S/C23H32N2O2/c1-17(20-6-5-7-21(15-20)26-3)24-16-18-8-9-23(27-4)22(14-18)19-10-12-25(2)13-11-19/h5-9,14-15,17,19,24H,10-13,16H2,1-4H3/t17-/m1/s1. The first-order chi connectivity index (χ1) is 13.1. The van der Waals surface area contributed by atoms with E-state index in [1.807, 2.05) is 12.1 Å². The maximum atomic E-state index is 5.65. The maximum Gasteiger partial charge on any atom is 0.122 e. The molecule has 146 valence electrons. The van der Waals surface area contributed by atoms with E-state index in [0.29, 0.717) is 5.92 Å². The third kappa shape index (κ3) is 5.02. The second kappa shape index (κ2) is 9.25. The van der Waals surface area contributed by atoms with Crippen molar-refractivity contribution in [2.45, 2.75) is 38.3 Å². The van der Waals surface area contributed by atoms with Gasteiger partial charge in [0.2, 0.25) is 0 Å². The summed E-state index contributed by atoms with van der Waals surface area (Å²) in [7, 11) is 5.68. The normalized spacial score (nSPS) is 16.9. The third-order valence-electron chi connectivity index (χ3n) is 5.66. The van der Waals surface area contributed by atoms with E-state index in [-0.39, 0.29) is 6.04 Å². The molecule has 0 aromatic heterocycles. The molecule has 4 heteroatoms. The minimum Gasteiger partial charge on any atom is -0.497 e. The van der Waals surface area contributed by atoms with E-state index in [2.05, 4.69) is 54.5 Å². The van der Waals surface area contributed by atoms with Crippen molar-refractivity contribution in [2.75, 3.05) is 34.4 Å². The summed E-state index contributed by atoms with van der Waals surface area (Å²) < 4.78 is 11.0. The zero-order valence-electron chi connectivity index (χ0n) is 17.0. The van der Waals surface area contributed by atoms with Crippen LogP contribution in [0.3, 0.4) is 0 Å². The number of hydrogen-bond acceptors (Lipinski definition) is 4. The molecule has 0 spiro atoms. The third-order valence-corrected chi connectivity index (χ3v) is 5.66. The molecule has 1 saturated heterocycles. The first-order valence-electron chi connectivity index (χ1n) is 9.83. The number of ether oxygens (including phenoxy) is 2. The molecular formula is C23H32N2O2. The fourth-order valence-corrected chi connectivity index (χ4v) is 3.83. The fourth-order valence-electron chi connectivity index (χ4n) is 3.83. The molecule has 0 aliphatic carbocycles. The summed E-state index contributed by atoms with van der Waals surface area (Å²) in [5.74, 6) is 2.51. The van der Waals surface area contributed by atoms with Gasteiger partial charge in [0.05, 0.1) is 14.2 Å². The Morgan fingerprint density at radius 1 is 1.07 bits per heavy atom. The largest absolute Gasteiger partial charge is 0.497 e. The smallest absolute Gasteiger partial charge is 0.122 e. The Morgan fingerprint density at radius 2 is 1.85 bits per heavy atom. The molecule has 0 bridgehead atoms. The molecule has 1 atom stereocenters. The lowest BCUT2D eigenvalue weighted by Gasteiger charge is -2.30. The summed E-state index contributed by atoms with van der Waals surface area (Å²) in [5, 5.41) is 3.64. The van der Waals surface area contributed by atoms with Gasteiger partial charge in [-0.15, -0.1) is 0 Å². The number of nitrogens with one attached hydrogen (secondary N) is 1. The molecule has 1 N–H and O–H groups in total. The number of piperidine rings is 1. The predicted molar refractivity (Wildman–Crippen MR) is 111 cm³/mol. The van der Waals surface area contributed by atoms with Crippen LogP contribution in [-0.2, 0) is 6.54 Å². The monoisotopic (exact) mass is 368 g/mol. The van der Waals surface area contributed by atoms with Crippen LogP contribution in [0.15, 0.2) is 42.5 Å². The highest BCUT2D eigenvalue weighted by Crippen LogP contribution is 2.34. The number of benzene rings is 2. The van der Waals surface area contributed by atoms with Gasteiger partial charge in [-0.25, -0.2) is 0 Å². The SMILES string of the molecule is COc1cccc([C@@H](C)NCc2ccc(OC)c(C3CCN(C)CC3)c2)c1. The van der Waals surface area contributed by atoms with E-state index in [0.717, 1.165) is 31.1 Å². The van der Waals surface area contributed by atoms with Crippen molar-refractivity contribution >= 4 is 0 Å². The van der Waals surface area contributed by atoms with Gasteiger partial charge in [0.1, 0.15) is 11.5 Å². The molecule has 0 saturated carbocycles. The Morgan fingerprint density at radius 3 is 2.56 bits per heavy atom. The lowest BCUT2D eigenvalue weighted by molar-refractivity contribution is 0.252. The van der Waals surface area contributed by atoms with Crippen molar-refractivity contribution in [1.82, 2.24) is 10.2 Å². The van der Waals surface area contributed by atoms with Crippen LogP contribution >= 0.6 is 0 Å². The van der Waals surface area contributed by atoms with Gasteiger partial charge in [-0.3, -0.25) is 0 Å². The molecule has 27 heavy (non-hydrogen) atoms. The van der Waals surface area contributed by atoms with Gasteiger partial charge in [-0.2, -0.15) is 0 Å². The molecule has 0 radical (unpaired) electrons. The van der Waals surface area contributed by atoms with Crippen LogP contribution < -0.4 is 14.8 Å². The second-order valence-electron chi connectivity index (χ2n) is 7.53. The van der Waals surface area contributed by atoms with Gasteiger partial charge in [0.15, 0.2) is 0 Å². The molecule has 0 amide bonds. The first kappa shape index (κ1) is 19.7. The van der Waals surface area contributed by atoms with E-state index >= 15 is 0 Å². The summed E-state index contributed by atoms with van der Waals surface area (Å²) >= 11 is 0. The molecule has 3 rings (SSSR count). The molecule has 1 heterocycles. The fraction of sp³-hybridized carbons (Fsp3) is 0.478. The van der Waals surface area contributed by atoms with Crippen molar-refractivity contribution in [2.24, 2.45) is 0 Å². The molecule has 1 fully saturated rings. The number of methoxy groups -OCH3 is 2. The minimum atomic E-state index is 0.258. The Bertz CT molecular complexity index is 739. The van der Waals surface area contributed by atoms with Crippen LogP contribution in [0.2, 0.25) is 0 Å². The van der Waals surface area contributed by atoms with Crippen LogP contribution in [0.25, 0.3) is 0 Å². The van der Waals surface area contributed by atoms with Crippen molar-refractivity contribution < 1.29 is 9.47 Å². The van der Waals surface area contributed by atoms with Crippen molar-refractivity contribution in [3.63, 3.8) is 0 Å². The Labute approximate surface area is 163 Å². The maximum absolute atomic E-state index is 5.65. The Balaban J connectivity index is 1.68. The van der Waals surface area contributed by atoms with Crippen molar-refractivity contribution in [3.05, 3.63) is 59.2 Å². The number of hydrogen-bond donors (Lipinski definition) is 1. The zero-order chi connectivity index (χ0) is 19.2. The van der Waals surface area contributed by atoms with E-state index in [1.54, 1.807) is 14.2 Å². The summed E-state index contributed by atoms with van der Waals surface area (Å²) in [6.45, 7) is 5.34. The van der Waals surface area contributed by atoms with Crippen LogP contribution in [-0.4, -0.2) is 39.3 Å². The average molecular weight is 369 g/mol. The van der Waals surface area contributed by atoms with Gasteiger partial charge in [0, 0.05) is 12.6 Å². The van der Waals surface area contributed by atoms with Gasteiger partial charge in [-0.1, -0.05) is 24.3 Å². The summed E-state index contributed by atoms with van der Waals surface area (Å²) in [4.78, 5) is 2.41. The lowest BCUT2D eigenvalue weighted by atomic mass is 9.88. The van der Waals surface area contributed by atoms with Gasteiger partial charge in [-0.05, 0) is 80.7 Å². The second-order valence-corrected chi connectivity index (χ2v) is 7.53. The van der Waals surface area contributed by atoms with Crippen LogP contribution in [0.5, 0.6) is 11.5 Å². The predicted octanol–water partition coefficient (Wildman–Crippen LogP) is 4.36.